The van der Waals surface area contributed by atoms with E-state index in [1.165, 1.54) is 12.1 Å². The van der Waals surface area contributed by atoms with Crippen molar-refractivity contribution < 1.29 is 13.2 Å². The summed E-state index contributed by atoms with van der Waals surface area (Å²) in [6.45, 7) is 4.12. The molecule has 130 valence electrons. The van der Waals surface area contributed by atoms with Crippen molar-refractivity contribution in [3.05, 3.63) is 29.3 Å². The van der Waals surface area contributed by atoms with E-state index in [1.807, 2.05) is 6.92 Å². The summed E-state index contributed by atoms with van der Waals surface area (Å²) in [5.41, 5.74) is 6.76. The molecule has 1 aromatic rings. The van der Waals surface area contributed by atoms with Crippen LogP contribution in [-0.2, 0) is 10.0 Å². The number of nitrogens with one attached hydrogen (secondary N) is 2. The van der Waals surface area contributed by atoms with Crippen LogP contribution in [0, 0.1) is 6.92 Å². The molecule has 8 heteroatoms. The number of hydrogen-bond donors (Lipinski definition) is 3. The molecule has 1 amide bonds. The fraction of sp³-hybridized carbons (Fsp3) is 0.533. The van der Waals surface area contributed by atoms with Crippen molar-refractivity contribution in [2.24, 2.45) is 5.73 Å². The topological polar surface area (TPSA) is 101 Å². The van der Waals surface area contributed by atoms with Gasteiger partial charge in [0.1, 0.15) is 0 Å². The Morgan fingerprint density at radius 1 is 1.39 bits per heavy atom. The molecule has 1 saturated carbocycles. The number of carbonyl (C=O) groups is 1. The molecule has 0 saturated heterocycles. The smallest absolute Gasteiger partial charge is 0.251 e. The summed E-state index contributed by atoms with van der Waals surface area (Å²) < 4.78 is 27.0. The normalized spacial score (nSPS) is 15.6. The highest BCUT2D eigenvalue weighted by Crippen LogP contribution is 2.23. The van der Waals surface area contributed by atoms with E-state index in [0.717, 1.165) is 18.4 Å². The zero-order valence-corrected chi connectivity index (χ0v) is 15.0. The van der Waals surface area contributed by atoms with Gasteiger partial charge in [0, 0.05) is 24.2 Å². The lowest BCUT2D eigenvalue weighted by Crippen LogP contribution is -2.30. The second-order valence-corrected chi connectivity index (χ2v) is 7.61. The minimum atomic E-state index is -3.55. The Balaban J connectivity index is 0.00000264. The van der Waals surface area contributed by atoms with E-state index in [0.29, 0.717) is 18.5 Å². The molecule has 1 aliphatic carbocycles. The first kappa shape index (κ1) is 19.9. The van der Waals surface area contributed by atoms with Crippen LogP contribution < -0.4 is 15.8 Å². The Morgan fingerprint density at radius 3 is 2.61 bits per heavy atom. The number of benzene rings is 1. The van der Waals surface area contributed by atoms with Gasteiger partial charge in [-0.1, -0.05) is 6.07 Å². The van der Waals surface area contributed by atoms with Crippen molar-refractivity contribution >= 4 is 28.3 Å². The highest BCUT2D eigenvalue weighted by Gasteiger charge is 2.28. The minimum absolute atomic E-state index is 0. The van der Waals surface area contributed by atoms with Crippen LogP contribution in [0.15, 0.2) is 23.1 Å². The van der Waals surface area contributed by atoms with Crippen molar-refractivity contribution in [1.82, 2.24) is 10.0 Å². The molecule has 0 spiro atoms. The molecule has 0 bridgehead atoms. The van der Waals surface area contributed by atoms with Gasteiger partial charge in [0.05, 0.1) is 4.90 Å². The number of halogens is 1. The number of rotatable bonds is 7. The maximum absolute atomic E-state index is 12.2. The first-order valence-electron chi connectivity index (χ1n) is 7.46. The zero-order chi connectivity index (χ0) is 16.3. The average molecular weight is 362 g/mol. The second kappa shape index (κ2) is 8.10. The highest BCUT2D eigenvalue weighted by atomic mass is 35.5. The first-order valence-corrected chi connectivity index (χ1v) is 8.94. The van der Waals surface area contributed by atoms with Gasteiger partial charge in [0.25, 0.3) is 5.91 Å². The minimum Gasteiger partial charge on any atom is -0.352 e. The molecule has 0 aromatic heterocycles. The van der Waals surface area contributed by atoms with E-state index in [9.17, 15) is 13.2 Å². The standard InChI is InChI=1S/C15H23N3O3S.ClH/c1-10-3-6-13(22(20,21)18-12-4-5-12)9-14(10)15(19)17-8-7-11(2)16;/h3,6,9,11-12,18H,4-5,7-8,16H2,1-2H3,(H,17,19);1H. The monoisotopic (exact) mass is 361 g/mol. The van der Waals surface area contributed by atoms with Crippen LogP contribution in [0.2, 0.25) is 0 Å². The maximum atomic E-state index is 12.2. The van der Waals surface area contributed by atoms with Gasteiger partial charge in [-0.25, -0.2) is 13.1 Å². The SMILES string of the molecule is Cc1ccc(S(=O)(=O)NC2CC2)cc1C(=O)NCCC(C)N.Cl. The van der Waals surface area contributed by atoms with Crippen molar-refractivity contribution in [2.75, 3.05) is 6.54 Å². The number of carbonyl (C=O) groups excluding carboxylic acids is 1. The lowest BCUT2D eigenvalue weighted by molar-refractivity contribution is 0.0952. The summed E-state index contributed by atoms with van der Waals surface area (Å²) in [6, 6.07) is 4.66. The van der Waals surface area contributed by atoms with Gasteiger partial charge in [-0.15, -0.1) is 12.4 Å². The Bertz CT molecular complexity index is 658. The lowest BCUT2D eigenvalue weighted by atomic mass is 10.1. The molecule has 1 aromatic carbocycles. The van der Waals surface area contributed by atoms with Crippen molar-refractivity contribution in [3.63, 3.8) is 0 Å². The molecule has 0 radical (unpaired) electrons. The third-order valence-electron chi connectivity index (χ3n) is 3.55. The van der Waals surface area contributed by atoms with Crippen LogP contribution in [0.4, 0.5) is 0 Å². The van der Waals surface area contributed by atoms with Crippen LogP contribution in [0.25, 0.3) is 0 Å². The summed E-state index contributed by atoms with van der Waals surface area (Å²) in [5.74, 6) is -0.276. The van der Waals surface area contributed by atoms with E-state index in [-0.39, 0.29) is 35.3 Å². The molecule has 1 aliphatic rings. The van der Waals surface area contributed by atoms with Crippen LogP contribution in [0.3, 0.4) is 0 Å². The molecule has 1 unspecified atom stereocenters. The number of sulfonamides is 1. The quantitative estimate of drug-likeness (QED) is 0.681. The zero-order valence-electron chi connectivity index (χ0n) is 13.3. The van der Waals surface area contributed by atoms with Crippen LogP contribution in [0.5, 0.6) is 0 Å². The van der Waals surface area contributed by atoms with Crippen molar-refractivity contribution in [1.29, 1.82) is 0 Å². The molecule has 23 heavy (non-hydrogen) atoms. The van der Waals surface area contributed by atoms with Gasteiger partial charge in [-0.3, -0.25) is 4.79 Å². The molecular weight excluding hydrogens is 338 g/mol. The summed E-state index contributed by atoms with van der Waals surface area (Å²) in [4.78, 5) is 12.3. The van der Waals surface area contributed by atoms with Gasteiger partial charge >= 0.3 is 0 Å². The highest BCUT2D eigenvalue weighted by molar-refractivity contribution is 7.89. The summed E-state index contributed by atoms with van der Waals surface area (Å²) >= 11 is 0. The van der Waals surface area contributed by atoms with Crippen LogP contribution in [0.1, 0.15) is 42.1 Å². The third kappa shape index (κ3) is 5.76. The number of aryl methyl sites for hydroxylation is 1. The molecule has 1 fully saturated rings. The van der Waals surface area contributed by atoms with Crippen molar-refractivity contribution in [3.8, 4) is 0 Å². The first-order chi connectivity index (χ1) is 10.3. The Morgan fingerprint density at radius 2 is 2.04 bits per heavy atom. The van der Waals surface area contributed by atoms with E-state index >= 15 is 0 Å². The second-order valence-electron chi connectivity index (χ2n) is 5.89. The molecule has 0 aliphatic heterocycles. The molecule has 6 nitrogen and oxygen atoms in total. The number of nitrogens with two attached hydrogens (primary N) is 1. The van der Waals surface area contributed by atoms with Gasteiger partial charge < -0.3 is 11.1 Å². The molecule has 2 rings (SSSR count). The van der Waals surface area contributed by atoms with E-state index < -0.39 is 10.0 Å². The van der Waals surface area contributed by atoms with Crippen molar-refractivity contribution in [2.45, 2.75) is 50.1 Å². The van der Waals surface area contributed by atoms with Gasteiger partial charge in [-0.05, 0) is 50.8 Å². The predicted molar refractivity (Wildman–Crippen MR) is 92.4 cm³/mol. The Kier molecular flexibility index (Phi) is 7.01. The predicted octanol–water partition coefficient (Wildman–Crippen LogP) is 1.32. The molecule has 0 heterocycles. The molecular formula is C15H24ClN3O3S. The summed E-state index contributed by atoms with van der Waals surface area (Å²) in [7, 11) is -3.55. The van der Waals surface area contributed by atoms with Crippen LogP contribution in [-0.4, -0.2) is 33.0 Å². The number of amides is 1. The summed E-state index contributed by atoms with van der Waals surface area (Å²) in [6.07, 6.45) is 2.41. The average Bonchev–Trinajstić information content (AvgIpc) is 3.21. The fourth-order valence-electron chi connectivity index (χ4n) is 2.01. The molecule has 4 N–H and O–H groups in total. The van der Waals surface area contributed by atoms with Gasteiger partial charge in [0.2, 0.25) is 10.0 Å². The van der Waals surface area contributed by atoms with Gasteiger partial charge in [-0.2, -0.15) is 0 Å². The number of hydrogen-bond acceptors (Lipinski definition) is 4. The Labute approximate surface area is 143 Å². The lowest BCUT2D eigenvalue weighted by Gasteiger charge is -2.11. The molecule has 1 atom stereocenters. The maximum Gasteiger partial charge on any atom is 0.251 e. The Hall–Kier alpha value is -1.15. The van der Waals surface area contributed by atoms with E-state index in [4.69, 9.17) is 5.73 Å². The van der Waals surface area contributed by atoms with Gasteiger partial charge in [0.15, 0.2) is 0 Å². The van der Waals surface area contributed by atoms with E-state index in [1.54, 1.807) is 13.0 Å². The fourth-order valence-corrected chi connectivity index (χ4v) is 3.34. The third-order valence-corrected chi connectivity index (χ3v) is 5.07. The summed E-state index contributed by atoms with van der Waals surface area (Å²) in [5, 5.41) is 2.77. The van der Waals surface area contributed by atoms with Crippen LogP contribution >= 0.6 is 12.4 Å². The largest absolute Gasteiger partial charge is 0.352 e. The van der Waals surface area contributed by atoms with E-state index in [2.05, 4.69) is 10.0 Å².